The van der Waals surface area contributed by atoms with Crippen molar-refractivity contribution >= 4 is 5.91 Å². The van der Waals surface area contributed by atoms with Crippen LogP contribution < -0.4 is 10.6 Å². The maximum Gasteiger partial charge on any atom is 0.236 e. The molecule has 4 heteroatoms. The van der Waals surface area contributed by atoms with Crippen LogP contribution in [0.5, 0.6) is 0 Å². The van der Waals surface area contributed by atoms with Gasteiger partial charge < -0.3 is 10.6 Å². The van der Waals surface area contributed by atoms with Gasteiger partial charge in [-0.25, -0.2) is 0 Å². The molecule has 15 heavy (non-hydrogen) atoms. The monoisotopic (exact) mass is 209 g/mol. The van der Waals surface area contributed by atoms with Crippen LogP contribution in [0.1, 0.15) is 33.1 Å². The van der Waals surface area contributed by atoms with Crippen LogP contribution >= 0.6 is 0 Å². The predicted molar refractivity (Wildman–Crippen MR) is 58.0 cm³/mol. The molecular weight excluding hydrogens is 190 g/mol. The molecule has 1 saturated carbocycles. The van der Waals surface area contributed by atoms with Crippen LogP contribution in [0.25, 0.3) is 0 Å². The van der Waals surface area contributed by atoms with E-state index in [2.05, 4.69) is 16.7 Å². The molecule has 1 atom stereocenters. The molecule has 0 radical (unpaired) electrons. The summed E-state index contributed by atoms with van der Waals surface area (Å²) in [5.74, 6) is 0.0326. The second-order valence-corrected chi connectivity index (χ2v) is 4.33. The third-order valence-electron chi connectivity index (χ3n) is 2.94. The molecule has 1 rings (SSSR count). The van der Waals surface area contributed by atoms with Crippen LogP contribution in [0.15, 0.2) is 0 Å². The highest BCUT2D eigenvalue weighted by atomic mass is 16.2. The molecule has 4 nitrogen and oxygen atoms in total. The van der Waals surface area contributed by atoms with E-state index >= 15 is 0 Å². The molecule has 0 saturated heterocycles. The number of likely N-dealkylation sites (N-methyl/N-ethyl adjacent to an activating group) is 1. The number of nitrogens with one attached hydrogen (secondary N) is 2. The molecule has 2 N–H and O–H groups in total. The second kappa shape index (κ2) is 5.13. The lowest BCUT2D eigenvalue weighted by molar-refractivity contribution is -0.122. The Hall–Kier alpha value is -1.08. The summed E-state index contributed by atoms with van der Waals surface area (Å²) in [6, 6.07) is 2.04. The van der Waals surface area contributed by atoms with Gasteiger partial charge in [-0.15, -0.1) is 0 Å². The van der Waals surface area contributed by atoms with Crippen LogP contribution in [0.2, 0.25) is 0 Å². The molecular formula is C11H19N3O. The quantitative estimate of drug-likeness (QED) is 0.680. The van der Waals surface area contributed by atoms with Crippen molar-refractivity contribution in [3.8, 4) is 6.07 Å². The summed E-state index contributed by atoms with van der Waals surface area (Å²) in [4.78, 5) is 11.4. The van der Waals surface area contributed by atoms with Gasteiger partial charge >= 0.3 is 0 Å². The maximum atomic E-state index is 11.4. The average molecular weight is 209 g/mol. The van der Waals surface area contributed by atoms with E-state index in [9.17, 15) is 4.79 Å². The molecule has 1 unspecified atom stereocenters. The molecule has 0 spiro atoms. The molecule has 0 aromatic carbocycles. The first-order valence-corrected chi connectivity index (χ1v) is 5.51. The van der Waals surface area contributed by atoms with Gasteiger partial charge in [0, 0.05) is 19.5 Å². The Morgan fingerprint density at radius 1 is 1.60 bits per heavy atom. The molecule has 1 aliphatic carbocycles. The van der Waals surface area contributed by atoms with Crippen molar-refractivity contribution in [1.29, 1.82) is 5.26 Å². The number of nitriles is 1. The minimum absolute atomic E-state index is 0.0326. The van der Waals surface area contributed by atoms with Crippen LogP contribution in [0.3, 0.4) is 0 Å². The summed E-state index contributed by atoms with van der Waals surface area (Å²) in [6.07, 6.45) is 2.81. The summed E-state index contributed by atoms with van der Waals surface area (Å²) in [5, 5.41) is 14.6. The number of hydrogen-bond donors (Lipinski definition) is 2. The SMILES string of the molecule is CCNC(=O)C(C)NCC1(CC#N)CC1. The lowest BCUT2D eigenvalue weighted by Crippen LogP contribution is -2.44. The van der Waals surface area contributed by atoms with Crippen molar-refractivity contribution in [2.75, 3.05) is 13.1 Å². The average Bonchev–Trinajstić information content (AvgIpc) is 2.96. The molecule has 0 heterocycles. The summed E-state index contributed by atoms with van der Waals surface area (Å²) in [5.41, 5.74) is 0.162. The van der Waals surface area contributed by atoms with Gasteiger partial charge in [-0.1, -0.05) is 0 Å². The van der Waals surface area contributed by atoms with Crippen molar-refractivity contribution in [3.05, 3.63) is 0 Å². The summed E-state index contributed by atoms with van der Waals surface area (Å²) < 4.78 is 0. The van der Waals surface area contributed by atoms with E-state index in [0.717, 1.165) is 19.4 Å². The maximum absolute atomic E-state index is 11.4. The van der Waals surface area contributed by atoms with E-state index in [0.29, 0.717) is 13.0 Å². The zero-order chi connectivity index (χ0) is 11.3. The van der Waals surface area contributed by atoms with Crippen LogP contribution in [0, 0.1) is 16.7 Å². The normalized spacial score (nSPS) is 19.0. The second-order valence-electron chi connectivity index (χ2n) is 4.33. The third kappa shape index (κ3) is 3.52. The fraction of sp³-hybridized carbons (Fsp3) is 0.818. The van der Waals surface area contributed by atoms with Gasteiger partial charge in [0.2, 0.25) is 5.91 Å². The molecule has 0 bridgehead atoms. The lowest BCUT2D eigenvalue weighted by Gasteiger charge is -2.17. The van der Waals surface area contributed by atoms with Gasteiger partial charge in [0.15, 0.2) is 0 Å². The van der Waals surface area contributed by atoms with Crippen LogP contribution in [-0.4, -0.2) is 25.0 Å². The zero-order valence-corrected chi connectivity index (χ0v) is 9.47. The molecule has 0 aromatic heterocycles. The first-order valence-electron chi connectivity index (χ1n) is 5.51. The highest BCUT2D eigenvalue weighted by molar-refractivity contribution is 5.81. The number of nitrogens with zero attached hydrogens (tertiary/aromatic N) is 1. The van der Waals surface area contributed by atoms with E-state index in [-0.39, 0.29) is 17.4 Å². The van der Waals surface area contributed by atoms with Crippen molar-refractivity contribution in [1.82, 2.24) is 10.6 Å². The van der Waals surface area contributed by atoms with Gasteiger partial charge in [-0.2, -0.15) is 5.26 Å². The fourth-order valence-electron chi connectivity index (χ4n) is 1.55. The minimum Gasteiger partial charge on any atom is -0.355 e. The van der Waals surface area contributed by atoms with E-state index in [1.807, 2.05) is 13.8 Å². The Balaban J connectivity index is 2.25. The smallest absolute Gasteiger partial charge is 0.236 e. The first-order chi connectivity index (χ1) is 7.13. The van der Waals surface area contributed by atoms with Gasteiger partial charge in [0.1, 0.15) is 0 Å². The van der Waals surface area contributed by atoms with E-state index in [1.165, 1.54) is 0 Å². The van der Waals surface area contributed by atoms with Gasteiger partial charge in [0.05, 0.1) is 12.1 Å². The topological polar surface area (TPSA) is 64.9 Å². The molecule has 0 aromatic rings. The largest absolute Gasteiger partial charge is 0.355 e. The van der Waals surface area contributed by atoms with Gasteiger partial charge in [-0.3, -0.25) is 4.79 Å². The fourth-order valence-corrected chi connectivity index (χ4v) is 1.55. The molecule has 84 valence electrons. The number of hydrogen-bond acceptors (Lipinski definition) is 3. The number of carbonyl (C=O) groups is 1. The van der Waals surface area contributed by atoms with E-state index in [4.69, 9.17) is 5.26 Å². The zero-order valence-electron chi connectivity index (χ0n) is 9.47. The summed E-state index contributed by atoms with van der Waals surface area (Å²) in [6.45, 7) is 5.20. The van der Waals surface area contributed by atoms with E-state index < -0.39 is 0 Å². The van der Waals surface area contributed by atoms with Crippen molar-refractivity contribution in [3.63, 3.8) is 0 Å². The first kappa shape index (κ1) is 12.0. The van der Waals surface area contributed by atoms with Crippen LogP contribution in [-0.2, 0) is 4.79 Å². The predicted octanol–water partition coefficient (Wildman–Crippen LogP) is 0.794. The lowest BCUT2D eigenvalue weighted by atomic mass is 10.0. The van der Waals surface area contributed by atoms with Gasteiger partial charge in [-0.05, 0) is 32.1 Å². The Bertz CT molecular complexity index is 265. The van der Waals surface area contributed by atoms with Crippen molar-refractivity contribution in [2.24, 2.45) is 5.41 Å². The van der Waals surface area contributed by atoms with Crippen molar-refractivity contribution in [2.45, 2.75) is 39.2 Å². The molecule has 1 fully saturated rings. The molecule has 0 aliphatic heterocycles. The number of rotatable bonds is 6. The Morgan fingerprint density at radius 2 is 2.27 bits per heavy atom. The number of amides is 1. The van der Waals surface area contributed by atoms with Gasteiger partial charge in [0.25, 0.3) is 0 Å². The Kier molecular flexibility index (Phi) is 4.10. The Labute approximate surface area is 91.0 Å². The van der Waals surface area contributed by atoms with E-state index in [1.54, 1.807) is 0 Å². The van der Waals surface area contributed by atoms with Crippen molar-refractivity contribution < 1.29 is 4.79 Å². The highest BCUT2D eigenvalue weighted by Crippen LogP contribution is 2.47. The standard InChI is InChI=1S/C11H19N3O/c1-3-13-10(15)9(2)14-8-11(4-5-11)6-7-12/h9,14H,3-6,8H2,1-2H3,(H,13,15). The Morgan fingerprint density at radius 3 is 2.73 bits per heavy atom. The molecule has 1 amide bonds. The summed E-state index contributed by atoms with van der Waals surface area (Å²) in [7, 11) is 0. The minimum atomic E-state index is -0.166. The molecule has 1 aliphatic rings. The van der Waals surface area contributed by atoms with Crippen LogP contribution in [0.4, 0.5) is 0 Å². The third-order valence-corrected chi connectivity index (χ3v) is 2.94. The summed E-state index contributed by atoms with van der Waals surface area (Å²) >= 11 is 0. The number of carbonyl (C=O) groups excluding carboxylic acids is 1. The highest BCUT2D eigenvalue weighted by Gasteiger charge is 2.42.